The van der Waals surface area contributed by atoms with Crippen molar-refractivity contribution in [1.82, 2.24) is 0 Å². The third kappa shape index (κ3) is 1.98. The van der Waals surface area contributed by atoms with Gasteiger partial charge in [-0.15, -0.1) is 0 Å². The molecular weight excluding hydrogens is 239 g/mol. The summed E-state index contributed by atoms with van der Waals surface area (Å²) in [7, 11) is 0. The Kier molecular flexibility index (Phi) is 3.43. The zero-order chi connectivity index (χ0) is 8.27. The third-order valence-electron chi connectivity index (χ3n) is 2.00. The van der Waals surface area contributed by atoms with Gasteiger partial charge in [-0.3, -0.25) is 0 Å². The van der Waals surface area contributed by atoms with E-state index in [1.54, 1.807) is 26.1 Å². The first-order chi connectivity index (χ1) is 5.29. The van der Waals surface area contributed by atoms with Gasteiger partial charge in [-0.05, 0) is 0 Å². The number of hydrogen-bond donors (Lipinski definition) is 0. The van der Waals surface area contributed by atoms with Gasteiger partial charge in [0.2, 0.25) is 0 Å². The van der Waals surface area contributed by atoms with E-state index in [0.717, 1.165) is 0 Å². The van der Waals surface area contributed by atoms with Crippen molar-refractivity contribution in [3.8, 4) is 0 Å². The Labute approximate surface area is 82.1 Å². The van der Waals surface area contributed by atoms with Crippen molar-refractivity contribution in [2.24, 2.45) is 0 Å². The second kappa shape index (κ2) is 4.15. The topological polar surface area (TPSA) is 0 Å². The second-order valence-corrected chi connectivity index (χ2v) is 4.09. The molecule has 0 unspecified atom stereocenters. The van der Waals surface area contributed by atoms with E-state index in [0.29, 0.717) is 0 Å². The van der Waals surface area contributed by atoms with Crippen LogP contribution in [0.25, 0.3) is 0 Å². The van der Waals surface area contributed by atoms with Gasteiger partial charge in [0.15, 0.2) is 0 Å². The molecule has 57 valence electrons. The maximum atomic E-state index is 2.24. The average Bonchev–Trinajstić information content (AvgIpc) is 2.05. The van der Waals surface area contributed by atoms with Crippen LogP contribution in [0.4, 0.5) is 0 Å². The van der Waals surface area contributed by atoms with Crippen LogP contribution in [0.5, 0.6) is 0 Å². The van der Waals surface area contributed by atoms with Crippen molar-refractivity contribution < 1.29 is 0 Å². The van der Waals surface area contributed by atoms with E-state index in [1.165, 1.54) is 24.0 Å². The predicted molar refractivity (Wildman–Crippen MR) is 50.6 cm³/mol. The molecule has 0 N–H and O–H groups in total. The molecule has 0 atom stereocenters. The summed E-state index contributed by atoms with van der Waals surface area (Å²) in [6, 6.07) is 6.65. The normalized spacial score (nSPS) is 10.1. The van der Waals surface area contributed by atoms with Crippen molar-refractivity contribution in [3.63, 3.8) is 0 Å². The Morgan fingerprint density at radius 2 is 1.55 bits per heavy atom. The molecule has 0 aliphatic carbocycles. The Balaban J connectivity index is 3.10. The monoisotopic (exact) mass is 253 g/mol. The van der Waals surface area contributed by atoms with Crippen LogP contribution in [0.2, 0.25) is 0 Å². The van der Waals surface area contributed by atoms with Gasteiger partial charge < -0.3 is 0 Å². The van der Waals surface area contributed by atoms with Crippen LogP contribution < -0.4 is 3.58 Å². The minimum atomic E-state index is 1.17. The molecule has 11 heavy (non-hydrogen) atoms. The number of hydrogen-bond acceptors (Lipinski definition) is 0. The third-order valence-corrected chi connectivity index (χ3v) is 3.83. The molecule has 0 saturated heterocycles. The molecule has 0 heterocycles. The summed E-state index contributed by atoms with van der Waals surface area (Å²) in [5, 5.41) is 0. The first-order valence-electron chi connectivity index (χ1n) is 4.12. The van der Waals surface area contributed by atoms with E-state index in [4.69, 9.17) is 0 Å². The molecule has 0 aliphatic heterocycles. The number of rotatable bonds is 2. The molecule has 0 saturated carbocycles. The average molecular weight is 252 g/mol. The van der Waals surface area contributed by atoms with Gasteiger partial charge in [-0.25, -0.2) is 0 Å². The fraction of sp³-hybridized carbons (Fsp3) is 0.400. The molecule has 3 radical (unpaired) electrons. The van der Waals surface area contributed by atoms with Crippen LogP contribution in [0, 0.1) is 0 Å². The van der Waals surface area contributed by atoms with Crippen molar-refractivity contribution in [2.45, 2.75) is 26.7 Å². The Bertz CT molecular complexity index is 218. The van der Waals surface area contributed by atoms with Crippen molar-refractivity contribution in [1.29, 1.82) is 0 Å². The summed E-state index contributed by atoms with van der Waals surface area (Å²) in [6.07, 6.45) is 2.35. The zero-order valence-corrected chi connectivity index (χ0v) is 10.0. The Morgan fingerprint density at radius 3 is 1.91 bits per heavy atom. The van der Waals surface area contributed by atoms with E-state index in [1.807, 2.05) is 0 Å². The molecule has 0 nitrogen and oxygen atoms in total. The molecule has 1 aromatic rings. The Hall–Kier alpha value is 0.0187. The fourth-order valence-corrected chi connectivity index (χ4v) is 2.73. The van der Waals surface area contributed by atoms with Gasteiger partial charge in [-0.1, -0.05) is 0 Å². The first kappa shape index (κ1) is 9.11. The van der Waals surface area contributed by atoms with E-state index < -0.39 is 0 Å². The van der Waals surface area contributed by atoms with Gasteiger partial charge in [0.1, 0.15) is 0 Å². The summed E-state index contributed by atoms with van der Waals surface area (Å²) in [6.45, 7) is 4.45. The summed E-state index contributed by atoms with van der Waals surface area (Å²) < 4.78 is 1.57. The summed E-state index contributed by atoms with van der Waals surface area (Å²) in [5.74, 6) is 0. The molecule has 0 fully saturated rings. The quantitative estimate of drug-likeness (QED) is 0.701. The van der Waals surface area contributed by atoms with Crippen LogP contribution in [0.3, 0.4) is 0 Å². The van der Waals surface area contributed by atoms with Gasteiger partial charge in [0, 0.05) is 0 Å². The van der Waals surface area contributed by atoms with Crippen LogP contribution in [0.1, 0.15) is 25.0 Å². The van der Waals surface area contributed by atoms with Gasteiger partial charge in [-0.2, -0.15) is 0 Å². The van der Waals surface area contributed by atoms with Gasteiger partial charge in [0.25, 0.3) is 0 Å². The summed E-state index contributed by atoms with van der Waals surface area (Å²) >= 11 is 1.56. The number of benzene rings is 1. The van der Waals surface area contributed by atoms with E-state index in [-0.39, 0.29) is 0 Å². The summed E-state index contributed by atoms with van der Waals surface area (Å²) in [5.41, 5.74) is 3.06. The maximum absolute atomic E-state index is 2.24. The molecular formula is C10H13Sn. The summed E-state index contributed by atoms with van der Waals surface area (Å²) in [4.78, 5) is 0. The molecule has 1 heteroatoms. The molecule has 0 amide bonds. The molecule has 0 spiro atoms. The van der Waals surface area contributed by atoms with E-state index in [2.05, 4.69) is 32.0 Å². The van der Waals surface area contributed by atoms with E-state index in [9.17, 15) is 0 Å². The van der Waals surface area contributed by atoms with Gasteiger partial charge in [0.05, 0.1) is 0 Å². The SMILES string of the molecule is CCc1cccc(CC)[c]1[Sn]. The zero-order valence-electron chi connectivity index (χ0n) is 7.15. The minimum absolute atomic E-state index is 1.17. The van der Waals surface area contributed by atoms with Crippen LogP contribution in [-0.4, -0.2) is 22.5 Å². The molecule has 1 aromatic carbocycles. The van der Waals surface area contributed by atoms with Gasteiger partial charge >= 0.3 is 82.1 Å². The van der Waals surface area contributed by atoms with Crippen LogP contribution in [-0.2, 0) is 12.8 Å². The molecule has 0 bridgehead atoms. The van der Waals surface area contributed by atoms with Crippen molar-refractivity contribution in [2.75, 3.05) is 0 Å². The fourth-order valence-electron chi connectivity index (χ4n) is 1.24. The van der Waals surface area contributed by atoms with Crippen LogP contribution >= 0.6 is 0 Å². The molecule has 1 rings (SSSR count). The second-order valence-electron chi connectivity index (χ2n) is 2.66. The molecule has 0 aromatic heterocycles. The van der Waals surface area contributed by atoms with Crippen molar-refractivity contribution in [3.05, 3.63) is 29.3 Å². The first-order valence-corrected chi connectivity index (χ1v) is 5.54. The predicted octanol–water partition coefficient (Wildman–Crippen LogP) is 1.61. The van der Waals surface area contributed by atoms with Crippen molar-refractivity contribution >= 4 is 26.1 Å². The standard InChI is InChI=1S/C10H13.Sn/c1-3-9-6-5-7-10(4-2)8-9;/h5-7H,3-4H2,1-2H3;. The Morgan fingerprint density at radius 1 is 1.09 bits per heavy atom. The number of aryl methyl sites for hydroxylation is 2. The molecule has 0 aliphatic rings. The van der Waals surface area contributed by atoms with E-state index >= 15 is 0 Å². The van der Waals surface area contributed by atoms with Crippen LogP contribution in [0.15, 0.2) is 18.2 Å².